The molecular formula is C22H21N5. The summed E-state index contributed by atoms with van der Waals surface area (Å²) in [6.45, 7) is 6.70. The molecule has 27 heavy (non-hydrogen) atoms. The zero-order valence-corrected chi connectivity index (χ0v) is 15.6. The van der Waals surface area contributed by atoms with Gasteiger partial charge in [-0.2, -0.15) is 5.26 Å². The molecule has 4 aromatic rings. The number of fused-ring (bicyclic) bond motifs is 5. The Labute approximate surface area is 157 Å². The molecule has 1 aliphatic heterocycles. The lowest BCUT2D eigenvalue weighted by Gasteiger charge is -2.19. The minimum absolute atomic E-state index is 0.578. The van der Waals surface area contributed by atoms with Crippen molar-refractivity contribution in [2.24, 2.45) is 11.8 Å². The van der Waals surface area contributed by atoms with E-state index in [0.717, 1.165) is 46.9 Å². The Balaban J connectivity index is 1.75. The van der Waals surface area contributed by atoms with Gasteiger partial charge in [-0.15, -0.1) is 0 Å². The van der Waals surface area contributed by atoms with E-state index in [1.165, 1.54) is 6.42 Å². The van der Waals surface area contributed by atoms with Crippen LogP contribution in [0.2, 0.25) is 0 Å². The monoisotopic (exact) mass is 355 g/mol. The highest BCUT2D eigenvalue weighted by Gasteiger charge is 2.26. The van der Waals surface area contributed by atoms with Crippen LogP contribution in [0.1, 0.15) is 25.8 Å². The summed E-state index contributed by atoms with van der Waals surface area (Å²) in [6, 6.07) is 16.3. The third kappa shape index (κ3) is 2.44. The van der Waals surface area contributed by atoms with Crippen LogP contribution in [0, 0.1) is 23.2 Å². The van der Waals surface area contributed by atoms with Crippen molar-refractivity contribution in [2.75, 3.05) is 18.0 Å². The van der Waals surface area contributed by atoms with Gasteiger partial charge in [-0.05, 0) is 48.6 Å². The molecule has 4 heterocycles. The van der Waals surface area contributed by atoms with Gasteiger partial charge in [0.25, 0.3) is 0 Å². The normalized spacial score (nSPS) is 17.4. The summed E-state index contributed by atoms with van der Waals surface area (Å²) in [5.41, 5.74) is 3.99. The average Bonchev–Trinajstić information content (AvgIpc) is 3.32. The first-order chi connectivity index (χ1) is 13.2. The lowest BCUT2D eigenvalue weighted by atomic mass is 9.95. The topological polar surface area (TPSA) is 57.2 Å². The lowest BCUT2D eigenvalue weighted by molar-refractivity contribution is 0.422. The van der Waals surface area contributed by atoms with Gasteiger partial charge in [0.1, 0.15) is 17.5 Å². The zero-order chi connectivity index (χ0) is 18.5. The molecular weight excluding hydrogens is 334 g/mol. The van der Waals surface area contributed by atoms with E-state index < -0.39 is 0 Å². The Kier molecular flexibility index (Phi) is 3.54. The number of hydrogen-bond donors (Lipinski definition) is 0. The van der Waals surface area contributed by atoms with Crippen LogP contribution in [0.3, 0.4) is 0 Å². The number of anilines is 1. The number of aromatic nitrogens is 3. The maximum absolute atomic E-state index is 9.60. The van der Waals surface area contributed by atoms with Gasteiger partial charge in [0.2, 0.25) is 0 Å². The Morgan fingerprint density at radius 2 is 1.96 bits per heavy atom. The standard InChI is InChI=1S/C22H21N5/c1-14(2)16-9-10-26(13-16)20-8-7-15-11-17(12-23)22-24-18-5-3-4-6-19(18)27(22)21(15)25-20/h3-8,11,14,16H,9-10,13H2,1-2H3. The second-order valence-corrected chi connectivity index (χ2v) is 7.75. The van der Waals surface area contributed by atoms with E-state index in [9.17, 15) is 5.26 Å². The van der Waals surface area contributed by atoms with E-state index >= 15 is 0 Å². The molecule has 0 N–H and O–H groups in total. The molecule has 1 aliphatic rings. The SMILES string of the molecule is CC(C)C1CCN(c2ccc3cc(C#N)c4nc5ccccc5n4c3n2)C1. The molecule has 5 rings (SSSR count). The summed E-state index contributed by atoms with van der Waals surface area (Å²) in [5.74, 6) is 2.42. The van der Waals surface area contributed by atoms with Gasteiger partial charge in [-0.3, -0.25) is 4.40 Å². The summed E-state index contributed by atoms with van der Waals surface area (Å²) in [6.07, 6.45) is 1.22. The highest BCUT2D eigenvalue weighted by molar-refractivity contribution is 5.91. The van der Waals surface area contributed by atoms with Gasteiger partial charge in [0.05, 0.1) is 16.6 Å². The minimum Gasteiger partial charge on any atom is -0.356 e. The van der Waals surface area contributed by atoms with Gasteiger partial charge in [0.15, 0.2) is 5.65 Å². The summed E-state index contributed by atoms with van der Waals surface area (Å²) < 4.78 is 2.03. The second kappa shape index (κ2) is 5.95. The van der Waals surface area contributed by atoms with E-state index in [1.807, 2.05) is 34.7 Å². The highest BCUT2D eigenvalue weighted by atomic mass is 15.2. The van der Waals surface area contributed by atoms with E-state index in [2.05, 4.69) is 41.9 Å². The van der Waals surface area contributed by atoms with Crippen LogP contribution in [0.25, 0.3) is 27.7 Å². The molecule has 0 bridgehead atoms. The van der Waals surface area contributed by atoms with Gasteiger partial charge in [0, 0.05) is 18.5 Å². The van der Waals surface area contributed by atoms with Gasteiger partial charge in [-0.25, -0.2) is 9.97 Å². The molecule has 134 valence electrons. The number of nitrogens with zero attached hydrogens (tertiary/aromatic N) is 5. The molecule has 1 fully saturated rings. The molecule has 5 heteroatoms. The summed E-state index contributed by atoms with van der Waals surface area (Å²) >= 11 is 0. The Morgan fingerprint density at radius 1 is 1.11 bits per heavy atom. The van der Waals surface area contributed by atoms with Gasteiger partial charge >= 0.3 is 0 Å². The van der Waals surface area contributed by atoms with Crippen molar-refractivity contribution in [1.82, 2.24) is 14.4 Å². The van der Waals surface area contributed by atoms with E-state index in [4.69, 9.17) is 4.98 Å². The molecule has 1 saturated heterocycles. The average molecular weight is 355 g/mol. The number of benzene rings is 1. The first-order valence-corrected chi connectivity index (χ1v) is 9.51. The van der Waals surface area contributed by atoms with Crippen molar-refractivity contribution in [1.29, 1.82) is 5.26 Å². The number of imidazole rings is 1. The second-order valence-electron chi connectivity index (χ2n) is 7.75. The van der Waals surface area contributed by atoms with Crippen LogP contribution in [-0.4, -0.2) is 27.5 Å². The van der Waals surface area contributed by atoms with Crippen LogP contribution < -0.4 is 4.90 Å². The summed E-state index contributed by atoms with van der Waals surface area (Å²) in [7, 11) is 0. The predicted molar refractivity (Wildman–Crippen MR) is 108 cm³/mol. The quantitative estimate of drug-likeness (QED) is 0.535. The van der Waals surface area contributed by atoms with Crippen LogP contribution in [-0.2, 0) is 0 Å². The number of para-hydroxylation sites is 2. The van der Waals surface area contributed by atoms with E-state index in [-0.39, 0.29) is 0 Å². The molecule has 0 aliphatic carbocycles. The number of pyridine rings is 2. The fourth-order valence-corrected chi connectivity index (χ4v) is 4.18. The van der Waals surface area contributed by atoms with Gasteiger partial charge in [-0.1, -0.05) is 26.0 Å². The Morgan fingerprint density at radius 3 is 2.74 bits per heavy atom. The van der Waals surface area contributed by atoms with Crippen molar-refractivity contribution >= 4 is 33.5 Å². The third-order valence-corrected chi connectivity index (χ3v) is 5.82. The highest BCUT2D eigenvalue weighted by Crippen LogP contribution is 2.30. The molecule has 0 spiro atoms. The smallest absolute Gasteiger partial charge is 0.157 e. The van der Waals surface area contributed by atoms with Crippen molar-refractivity contribution in [3.63, 3.8) is 0 Å². The maximum atomic E-state index is 9.60. The zero-order valence-electron chi connectivity index (χ0n) is 15.6. The van der Waals surface area contributed by atoms with Gasteiger partial charge < -0.3 is 4.90 Å². The molecule has 1 atom stereocenters. The van der Waals surface area contributed by atoms with Crippen molar-refractivity contribution < 1.29 is 0 Å². The minimum atomic E-state index is 0.578. The van der Waals surface area contributed by atoms with Crippen molar-refractivity contribution in [3.8, 4) is 6.07 Å². The first kappa shape index (κ1) is 16.1. The lowest BCUT2D eigenvalue weighted by Crippen LogP contribution is -2.22. The molecule has 0 radical (unpaired) electrons. The molecule has 0 amide bonds. The first-order valence-electron chi connectivity index (χ1n) is 9.51. The number of hydrogen-bond acceptors (Lipinski definition) is 4. The molecule has 0 saturated carbocycles. The fraction of sp³-hybridized carbons (Fsp3) is 0.318. The molecule has 3 aromatic heterocycles. The molecule has 1 aromatic carbocycles. The molecule has 5 nitrogen and oxygen atoms in total. The van der Waals surface area contributed by atoms with Crippen LogP contribution in [0.5, 0.6) is 0 Å². The third-order valence-electron chi connectivity index (χ3n) is 5.82. The fourth-order valence-electron chi connectivity index (χ4n) is 4.18. The maximum Gasteiger partial charge on any atom is 0.157 e. The summed E-state index contributed by atoms with van der Waals surface area (Å²) in [5, 5.41) is 10.6. The van der Waals surface area contributed by atoms with E-state index in [1.54, 1.807) is 0 Å². The largest absolute Gasteiger partial charge is 0.356 e. The Bertz CT molecular complexity index is 1210. The predicted octanol–water partition coefficient (Wildman–Crippen LogP) is 4.39. The van der Waals surface area contributed by atoms with Crippen LogP contribution in [0.4, 0.5) is 5.82 Å². The van der Waals surface area contributed by atoms with Crippen molar-refractivity contribution in [2.45, 2.75) is 20.3 Å². The summed E-state index contributed by atoms with van der Waals surface area (Å²) in [4.78, 5) is 12.1. The Hall–Kier alpha value is -3.13. The van der Waals surface area contributed by atoms with Crippen molar-refractivity contribution in [3.05, 3.63) is 48.0 Å². The number of nitriles is 1. The number of rotatable bonds is 2. The van der Waals surface area contributed by atoms with Crippen LogP contribution >= 0.6 is 0 Å². The van der Waals surface area contributed by atoms with E-state index in [0.29, 0.717) is 17.1 Å². The van der Waals surface area contributed by atoms with Crippen LogP contribution in [0.15, 0.2) is 42.5 Å². The molecule has 1 unspecified atom stereocenters.